The van der Waals surface area contributed by atoms with E-state index in [1.807, 2.05) is 42.6 Å². The zero-order chi connectivity index (χ0) is 20.9. The molecule has 0 amide bonds. The number of rotatable bonds is 8. The highest BCUT2D eigenvalue weighted by Gasteiger charge is 2.41. The number of para-hydroxylation sites is 2. The third-order valence-electron chi connectivity index (χ3n) is 5.37. The molecule has 2 atom stereocenters. The van der Waals surface area contributed by atoms with Gasteiger partial charge in [0.25, 0.3) is 0 Å². The molecule has 1 N–H and O–H groups in total. The van der Waals surface area contributed by atoms with Crippen molar-refractivity contribution < 1.29 is 9.47 Å². The zero-order valence-corrected chi connectivity index (χ0v) is 18.0. The number of hydrogen-bond acceptors (Lipinski definition) is 4. The van der Waals surface area contributed by atoms with Crippen molar-refractivity contribution in [1.82, 2.24) is 19.8 Å². The molecule has 1 aliphatic heterocycles. The largest absolute Gasteiger partial charge is 0.495 e. The molecule has 1 saturated heterocycles. The Morgan fingerprint density at radius 1 is 1.07 bits per heavy atom. The quantitative estimate of drug-likeness (QED) is 0.439. The summed E-state index contributed by atoms with van der Waals surface area (Å²) in [4.78, 5) is 6.86. The highest BCUT2D eigenvalue weighted by Crippen LogP contribution is 2.40. The molecule has 3 heterocycles. The molecule has 0 unspecified atom stereocenters. The Morgan fingerprint density at radius 3 is 2.67 bits per heavy atom. The van der Waals surface area contributed by atoms with Crippen LogP contribution in [0.4, 0.5) is 0 Å². The van der Waals surface area contributed by atoms with E-state index in [2.05, 4.69) is 44.2 Å². The molecule has 7 heteroatoms. The maximum absolute atomic E-state index is 5.74. The van der Waals surface area contributed by atoms with Gasteiger partial charge < -0.3 is 24.3 Å². The predicted molar refractivity (Wildman–Crippen MR) is 121 cm³/mol. The Bertz CT molecular complexity index is 992. The summed E-state index contributed by atoms with van der Waals surface area (Å²) in [5.41, 5.74) is 3.08. The van der Waals surface area contributed by atoms with Crippen molar-refractivity contribution >= 4 is 17.3 Å². The van der Waals surface area contributed by atoms with Gasteiger partial charge in [0.15, 0.2) is 5.11 Å². The van der Waals surface area contributed by atoms with E-state index in [-0.39, 0.29) is 12.1 Å². The molecule has 0 radical (unpaired) electrons. The van der Waals surface area contributed by atoms with Gasteiger partial charge in [-0.05, 0) is 55.0 Å². The van der Waals surface area contributed by atoms with Gasteiger partial charge >= 0.3 is 0 Å². The smallest absolute Gasteiger partial charge is 0.170 e. The monoisotopic (exact) mass is 422 g/mol. The van der Waals surface area contributed by atoms with Crippen LogP contribution in [0, 0.1) is 0 Å². The number of nitrogens with one attached hydrogen (secondary N) is 1. The molecule has 2 aromatic heterocycles. The molecule has 0 aliphatic carbocycles. The van der Waals surface area contributed by atoms with Gasteiger partial charge in [0.1, 0.15) is 5.75 Å². The molecular formula is C23H26N4O2S. The highest BCUT2D eigenvalue weighted by molar-refractivity contribution is 7.80. The first kappa shape index (κ1) is 20.4. The Kier molecular flexibility index (Phi) is 6.30. The van der Waals surface area contributed by atoms with Gasteiger partial charge in [0.05, 0.1) is 30.6 Å². The first-order chi connectivity index (χ1) is 14.7. The van der Waals surface area contributed by atoms with Crippen LogP contribution in [0.5, 0.6) is 5.75 Å². The molecule has 1 aliphatic rings. The first-order valence-electron chi connectivity index (χ1n) is 10.0. The number of ether oxygens (including phenoxy) is 2. The van der Waals surface area contributed by atoms with Gasteiger partial charge in [0, 0.05) is 38.3 Å². The molecule has 0 saturated carbocycles. The van der Waals surface area contributed by atoms with E-state index < -0.39 is 0 Å². The molecule has 3 aromatic rings. The van der Waals surface area contributed by atoms with Crippen LogP contribution in [0.25, 0.3) is 5.69 Å². The summed E-state index contributed by atoms with van der Waals surface area (Å²) in [7, 11) is 3.42. The number of nitrogens with zero attached hydrogens (tertiary/aromatic N) is 3. The molecule has 6 nitrogen and oxygen atoms in total. The van der Waals surface area contributed by atoms with Crippen molar-refractivity contribution in [2.24, 2.45) is 0 Å². The van der Waals surface area contributed by atoms with Gasteiger partial charge in [-0.3, -0.25) is 4.98 Å². The van der Waals surface area contributed by atoms with Crippen LogP contribution in [0.3, 0.4) is 0 Å². The number of hydrogen-bond donors (Lipinski definition) is 1. The number of thiocarbonyl (C=S) groups is 1. The second kappa shape index (κ2) is 9.28. The van der Waals surface area contributed by atoms with Crippen LogP contribution >= 0.6 is 12.2 Å². The second-order valence-electron chi connectivity index (χ2n) is 7.14. The van der Waals surface area contributed by atoms with Gasteiger partial charge in [-0.2, -0.15) is 0 Å². The van der Waals surface area contributed by atoms with Crippen molar-refractivity contribution in [2.45, 2.75) is 18.5 Å². The summed E-state index contributed by atoms with van der Waals surface area (Å²) < 4.78 is 13.1. The summed E-state index contributed by atoms with van der Waals surface area (Å²) in [6.07, 6.45) is 4.78. The lowest BCUT2D eigenvalue weighted by molar-refractivity contribution is 0.180. The average Bonchev–Trinajstić information content (AvgIpc) is 3.39. The Morgan fingerprint density at radius 2 is 1.90 bits per heavy atom. The molecule has 1 aromatic carbocycles. The van der Waals surface area contributed by atoms with E-state index >= 15 is 0 Å². The summed E-state index contributed by atoms with van der Waals surface area (Å²) in [5.74, 6) is 0.823. The lowest BCUT2D eigenvalue weighted by Gasteiger charge is -2.29. The van der Waals surface area contributed by atoms with E-state index in [9.17, 15) is 0 Å². The minimum atomic E-state index is -0.0513. The molecule has 30 heavy (non-hydrogen) atoms. The summed E-state index contributed by atoms with van der Waals surface area (Å²) in [6, 6.07) is 18.2. The topological polar surface area (TPSA) is 51.5 Å². The third-order valence-corrected chi connectivity index (χ3v) is 5.73. The van der Waals surface area contributed by atoms with Gasteiger partial charge in [-0.1, -0.05) is 18.2 Å². The minimum absolute atomic E-state index is 0.0100. The van der Waals surface area contributed by atoms with Crippen LogP contribution in [-0.4, -0.2) is 46.9 Å². The molecule has 4 rings (SSSR count). The van der Waals surface area contributed by atoms with Crippen LogP contribution < -0.4 is 10.1 Å². The number of methoxy groups -OCH3 is 2. The highest BCUT2D eigenvalue weighted by atomic mass is 32.1. The Balaban J connectivity index is 1.78. The molecule has 0 spiro atoms. The van der Waals surface area contributed by atoms with Crippen LogP contribution in [-0.2, 0) is 4.74 Å². The van der Waals surface area contributed by atoms with Crippen molar-refractivity contribution in [2.75, 3.05) is 27.4 Å². The number of aromatic nitrogens is 2. The number of pyridine rings is 1. The SMILES string of the molecule is COCCCN1C(=S)N[C@@H](c2ccccn2)[C@@H]1c1cccn1-c1ccccc1OC. The molecular weight excluding hydrogens is 396 g/mol. The Hall–Kier alpha value is -2.90. The average molecular weight is 423 g/mol. The van der Waals surface area contributed by atoms with Crippen LogP contribution in [0.15, 0.2) is 67.0 Å². The fourth-order valence-corrected chi connectivity index (χ4v) is 4.36. The van der Waals surface area contributed by atoms with Gasteiger partial charge in [-0.25, -0.2) is 0 Å². The first-order valence-corrected chi connectivity index (χ1v) is 10.4. The molecule has 0 bridgehead atoms. The van der Waals surface area contributed by atoms with E-state index in [1.54, 1.807) is 14.2 Å². The standard InChI is InChI=1S/C23H26N4O2S/c1-28-16-8-15-27-22(21(25-23(27)30)17-9-5-6-13-24-17)19-11-7-14-26(19)18-10-3-4-12-20(18)29-2/h3-7,9-14,21-22H,8,15-16H2,1-2H3,(H,25,30)/t21-,22-/m0/s1. The van der Waals surface area contributed by atoms with E-state index in [4.69, 9.17) is 21.7 Å². The van der Waals surface area contributed by atoms with Crippen molar-refractivity contribution in [3.05, 3.63) is 78.4 Å². The summed E-state index contributed by atoms with van der Waals surface area (Å²) >= 11 is 5.74. The maximum atomic E-state index is 5.74. The predicted octanol–water partition coefficient (Wildman–Crippen LogP) is 3.89. The number of benzene rings is 1. The van der Waals surface area contributed by atoms with Gasteiger partial charge in [0.2, 0.25) is 0 Å². The third kappa shape index (κ3) is 3.91. The Labute approximate surface area is 182 Å². The van der Waals surface area contributed by atoms with Crippen molar-refractivity contribution in [3.63, 3.8) is 0 Å². The lowest BCUT2D eigenvalue weighted by atomic mass is 10.0. The van der Waals surface area contributed by atoms with Crippen molar-refractivity contribution in [3.8, 4) is 11.4 Å². The fourth-order valence-electron chi connectivity index (χ4n) is 4.03. The van der Waals surface area contributed by atoms with Gasteiger partial charge in [-0.15, -0.1) is 0 Å². The minimum Gasteiger partial charge on any atom is -0.495 e. The maximum Gasteiger partial charge on any atom is 0.170 e. The lowest BCUT2D eigenvalue weighted by Crippen LogP contribution is -2.32. The van der Waals surface area contributed by atoms with Crippen LogP contribution in [0.2, 0.25) is 0 Å². The normalized spacial score (nSPS) is 18.5. The fraction of sp³-hybridized carbons (Fsp3) is 0.304. The second-order valence-corrected chi connectivity index (χ2v) is 7.53. The van der Waals surface area contributed by atoms with E-state index in [0.717, 1.165) is 40.9 Å². The molecule has 156 valence electrons. The van der Waals surface area contributed by atoms with Crippen molar-refractivity contribution in [1.29, 1.82) is 0 Å². The summed E-state index contributed by atoms with van der Waals surface area (Å²) in [6.45, 7) is 1.48. The summed E-state index contributed by atoms with van der Waals surface area (Å²) in [5, 5.41) is 4.24. The van der Waals surface area contributed by atoms with Crippen LogP contribution in [0.1, 0.15) is 29.9 Å². The van der Waals surface area contributed by atoms with E-state index in [0.29, 0.717) is 6.61 Å². The zero-order valence-electron chi connectivity index (χ0n) is 17.2. The van der Waals surface area contributed by atoms with E-state index in [1.165, 1.54) is 0 Å². The molecule has 1 fully saturated rings.